The van der Waals surface area contributed by atoms with Gasteiger partial charge in [-0.2, -0.15) is 0 Å². The topological polar surface area (TPSA) is 19.4 Å². The van der Waals surface area contributed by atoms with E-state index in [0.717, 1.165) is 18.9 Å². The Labute approximate surface area is 207 Å². The number of piperidine rings is 1. The van der Waals surface area contributed by atoms with Gasteiger partial charge in [0.15, 0.2) is 0 Å². The van der Waals surface area contributed by atoms with Crippen LogP contribution in [-0.4, -0.2) is 47.5 Å². The second kappa shape index (κ2) is 13.6. The fraction of sp³-hybridized carbons (Fsp3) is 0.560. The highest BCUT2D eigenvalue weighted by Gasteiger charge is 2.24. The molecule has 1 aromatic heterocycles. The second-order valence-corrected chi connectivity index (χ2v) is 8.96. The molecule has 1 unspecified atom stereocenters. The number of fused-ring (bicyclic) bond motifs is 1. The van der Waals surface area contributed by atoms with E-state index in [9.17, 15) is 0 Å². The smallest absolute Gasteiger partial charge is 0.0299 e. The van der Waals surface area contributed by atoms with E-state index < -0.39 is 0 Å². The van der Waals surface area contributed by atoms with Crippen molar-refractivity contribution in [2.45, 2.75) is 52.5 Å². The lowest BCUT2D eigenvalue weighted by Gasteiger charge is -2.37. The molecule has 0 saturated carbocycles. The van der Waals surface area contributed by atoms with E-state index in [0.29, 0.717) is 0 Å². The van der Waals surface area contributed by atoms with Gasteiger partial charge in [0.25, 0.3) is 0 Å². The van der Waals surface area contributed by atoms with Gasteiger partial charge in [-0.25, -0.2) is 0 Å². The number of pyridine rings is 1. The van der Waals surface area contributed by atoms with E-state index in [4.69, 9.17) is 0 Å². The van der Waals surface area contributed by atoms with Gasteiger partial charge in [-0.05, 0) is 98.8 Å². The predicted octanol–water partition coefficient (Wildman–Crippen LogP) is 5.67. The number of rotatable bonds is 6. The van der Waals surface area contributed by atoms with Crippen LogP contribution in [-0.2, 0) is 19.4 Å². The van der Waals surface area contributed by atoms with Gasteiger partial charge in [0.05, 0.1) is 0 Å². The third kappa shape index (κ3) is 7.91. The Morgan fingerprint density at radius 1 is 1.00 bits per heavy atom. The molecule has 0 bridgehead atoms. The lowest BCUT2D eigenvalue weighted by atomic mass is 9.92. The van der Waals surface area contributed by atoms with Crippen molar-refractivity contribution in [3.8, 4) is 0 Å². The maximum absolute atomic E-state index is 4.23. The van der Waals surface area contributed by atoms with Gasteiger partial charge in [-0.3, -0.25) is 9.88 Å². The lowest BCUT2D eigenvalue weighted by molar-refractivity contribution is 0.126. The van der Waals surface area contributed by atoms with Crippen molar-refractivity contribution in [1.82, 2.24) is 14.8 Å². The summed E-state index contributed by atoms with van der Waals surface area (Å²) in [4.78, 5) is 9.65. The highest BCUT2D eigenvalue weighted by Crippen LogP contribution is 2.25. The maximum Gasteiger partial charge on any atom is 0.0299 e. The minimum absolute atomic E-state index is 0. The number of aryl methyl sites for hydroxylation is 3. The number of benzene rings is 1. The average molecular weight is 487 g/mol. The van der Waals surface area contributed by atoms with Crippen LogP contribution >= 0.6 is 37.2 Å². The zero-order chi connectivity index (χ0) is 19.3. The second-order valence-electron chi connectivity index (χ2n) is 8.96. The number of halogens is 3. The van der Waals surface area contributed by atoms with E-state index in [1.54, 1.807) is 11.1 Å². The van der Waals surface area contributed by atoms with Crippen molar-refractivity contribution < 1.29 is 0 Å². The molecule has 1 saturated heterocycles. The Hall–Kier alpha value is -0.840. The first-order chi connectivity index (χ1) is 13.7. The van der Waals surface area contributed by atoms with Gasteiger partial charge < -0.3 is 4.90 Å². The van der Waals surface area contributed by atoms with E-state index >= 15 is 0 Å². The van der Waals surface area contributed by atoms with Crippen LogP contribution in [0, 0.1) is 19.8 Å². The van der Waals surface area contributed by atoms with Gasteiger partial charge in [-0.15, -0.1) is 37.2 Å². The molecule has 3 nitrogen and oxygen atoms in total. The quantitative estimate of drug-likeness (QED) is 0.524. The number of likely N-dealkylation sites (tertiary alicyclic amines) is 1. The van der Waals surface area contributed by atoms with Crippen LogP contribution in [0.5, 0.6) is 0 Å². The van der Waals surface area contributed by atoms with Gasteiger partial charge in [-0.1, -0.05) is 18.2 Å². The van der Waals surface area contributed by atoms with Gasteiger partial charge in [0, 0.05) is 38.6 Å². The molecule has 0 spiro atoms. The summed E-state index contributed by atoms with van der Waals surface area (Å²) in [6.07, 6.45) is 10.2. The van der Waals surface area contributed by atoms with Gasteiger partial charge >= 0.3 is 0 Å². The van der Waals surface area contributed by atoms with Crippen molar-refractivity contribution in [1.29, 1.82) is 0 Å². The summed E-state index contributed by atoms with van der Waals surface area (Å²) < 4.78 is 0. The van der Waals surface area contributed by atoms with Crippen molar-refractivity contribution in [2.24, 2.45) is 5.92 Å². The Morgan fingerprint density at radius 3 is 2.52 bits per heavy atom. The summed E-state index contributed by atoms with van der Waals surface area (Å²) in [7, 11) is 0. The number of aromatic nitrogens is 1. The minimum Gasteiger partial charge on any atom is -0.303 e. The summed E-state index contributed by atoms with van der Waals surface area (Å²) in [6, 6.07) is 9.10. The Morgan fingerprint density at radius 2 is 1.77 bits per heavy atom. The van der Waals surface area contributed by atoms with Crippen LogP contribution in [0.3, 0.4) is 0 Å². The van der Waals surface area contributed by atoms with Crippen LogP contribution < -0.4 is 0 Å². The molecule has 6 heteroatoms. The van der Waals surface area contributed by atoms with Crippen LogP contribution in [0.1, 0.15) is 47.1 Å². The van der Waals surface area contributed by atoms with Gasteiger partial charge in [0.1, 0.15) is 0 Å². The Balaban J connectivity index is 0.00000160. The first-order valence-electron chi connectivity index (χ1n) is 11.1. The van der Waals surface area contributed by atoms with Crippen LogP contribution in [0.4, 0.5) is 0 Å². The first kappa shape index (κ1) is 28.2. The minimum atomic E-state index is 0. The molecular formula is C25H38Cl3N3. The molecule has 0 N–H and O–H groups in total. The summed E-state index contributed by atoms with van der Waals surface area (Å²) >= 11 is 0. The Kier molecular flexibility index (Phi) is 12.4. The molecule has 1 aromatic carbocycles. The van der Waals surface area contributed by atoms with Crippen LogP contribution in [0.15, 0.2) is 36.7 Å². The van der Waals surface area contributed by atoms with Crippen molar-refractivity contribution in [3.05, 3.63) is 64.5 Å². The highest BCUT2D eigenvalue weighted by atomic mass is 35.5. The summed E-state index contributed by atoms with van der Waals surface area (Å²) in [5, 5.41) is 0. The average Bonchev–Trinajstić information content (AvgIpc) is 2.70. The zero-order valence-corrected chi connectivity index (χ0v) is 21.3. The number of nitrogens with zero attached hydrogens (tertiary/aromatic N) is 3. The molecule has 1 atom stereocenters. The molecule has 31 heavy (non-hydrogen) atoms. The molecule has 3 heterocycles. The molecule has 1 fully saturated rings. The third-order valence-electron chi connectivity index (χ3n) is 6.69. The Bertz CT molecular complexity index is 785. The molecule has 0 radical (unpaired) electrons. The van der Waals surface area contributed by atoms with E-state index in [-0.39, 0.29) is 37.2 Å². The van der Waals surface area contributed by atoms with Crippen LogP contribution in [0.25, 0.3) is 0 Å². The molecular weight excluding hydrogens is 449 g/mol. The molecule has 2 aliphatic heterocycles. The SMILES string of the molecule is Cc1cc2c(cc1C)CN(CC1CCCN(CCCc3cccnc3)C1)CC2.Cl.Cl.Cl. The zero-order valence-electron chi connectivity index (χ0n) is 18.9. The fourth-order valence-electron chi connectivity index (χ4n) is 4.99. The van der Waals surface area contributed by atoms with E-state index in [1.165, 1.54) is 75.1 Å². The van der Waals surface area contributed by atoms with Crippen molar-refractivity contribution in [3.63, 3.8) is 0 Å². The fourth-order valence-corrected chi connectivity index (χ4v) is 4.99. The first-order valence-corrected chi connectivity index (χ1v) is 11.1. The molecule has 0 amide bonds. The maximum atomic E-state index is 4.23. The number of hydrogen-bond donors (Lipinski definition) is 0. The summed E-state index contributed by atoms with van der Waals surface area (Å²) in [5.41, 5.74) is 7.41. The monoisotopic (exact) mass is 485 g/mol. The predicted molar refractivity (Wildman–Crippen MR) is 138 cm³/mol. The molecule has 2 aromatic rings. The largest absolute Gasteiger partial charge is 0.303 e. The van der Waals surface area contributed by atoms with Crippen molar-refractivity contribution >= 4 is 37.2 Å². The number of hydrogen-bond acceptors (Lipinski definition) is 3. The summed E-state index contributed by atoms with van der Waals surface area (Å²) in [6.45, 7) is 11.9. The van der Waals surface area contributed by atoms with Gasteiger partial charge in [0.2, 0.25) is 0 Å². The third-order valence-corrected chi connectivity index (χ3v) is 6.69. The van der Waals surface area contributed by atoms with Crippen molar-refractivity contribution in [2.75, 3.05) is 32.7 Å². The standard InChI is InChI=1S/C25H35N3.3ClH/c1-20-14-24-9-13-28(19-25(24)15-21(20)2)18-23-8-5-12-27(17-23)11-4-7-22-6-3-10-26-16-22;;;/h3,6,10,14-16,23H,4-5,7-9,11-13,17-19H2,1-2H3;3*1H. The summed E-state index contributed by atoms with van der Waals surface area (Å²) in [5.74, 6) is 0.834. The molecule has 174 valence electrons. The molecule has 2 aliphatic rings. The molecule has 0 aliphatic carbocycles. The van der Waals surface area contributed by atoms with Crippen LogP contribution in [0.2, 0.25) is 0 Å². The molecule has 4 rings (SSSR count). The normalized spacial score (nSPS) is 18.8. The lowest BCUT2D eigenvalue weighted by Crippen LogP contribution is -2.42. The highest BCUT2D eigenvalue weighted by molar-refractivity contribution is 5.86. The van der Waals surface area contributed by atoms with E-state index in [1.807, 2.05) is 18.5 Å². The van der Waals surface area contributed by atoms with E-state index in [2.05, 4.69) is 46.8 Å².